The van der Waals surface area contributed by atoms with Crippen LogP contribution in [0.15, 0.2) is 0 Å². The second-order valence-electron chi connectivity index (χ2n) is 5.12. The molecule has 0 saturated heterocycles. The largest absolute Gasteiger partial charge is 0.377 e. The highest BCUT2D eigenvalue weighted by Gasteiger charge is 2.41. The van der Waals surface area contributed by atoms with Gasteiger partial charge in [-0.1, -0.05) is 13.8 Å². The van der Waals surface area contributed by atoms with Gasteiger partial charge in [0.1, 0.15) is 0 Å². The van der Waals surface area contributed by atoms with Crippen LogP contribution in [0.5, 0.6) is 0 Å². The number of ether oxygens (including phenoxy) is 2. The van der Waals surface area contributed by atoms with Crippen molar-refractivity contribution in [2.45, 2.75) is 45.4 Å². The van der Waals surface area contributed by atoms with Gasteiger partial charge in [-0.15, -0.1) is 0 Å². The van der Waals surface area contributed by atoms with Crippen LogP contribution in [-0.2, 0) is 14.3 Å². The Kier molecular flexibility index (Phi) is 6.60. The van der Waals surface area contributed by atoms with Crippen molar-refractivity contribution in [1.82, 2.24) is 10.6 Å². The van der Waals surface area contributed by atoms with Crippen molar-refractivity contribution in [3.63, 3.8) is 0 Å². The summed E-state index contributed by atoms with van der Waals surface area (Å²) < 4.78 is 10.9. The summed E-state index contributed by atoms with van der Waals surface area (Å²) >= 11 is 0. The smallest absolute Gasteiger partial charge is 0.233 e. The van der Waals surface area contributed by atoms with Crippen LogP contribution < -0.4 is 10.6 Å². The van der Waals surface area contributed by atoms with E-state index < -0.39 is 0 Å². The maximum Gasteiger partial charge on any atom is 0.233 e. The van der Waals surface area contributed by atoms with Crippen LogP contribution >= 0.6 is 0 Å². The van der Waals surface area contributed by atoms with Crippen molar-refractivity contribution < 1.29 is 14.3 Å². The lowest BCUT2D eigenvalue weighted by Crippen LogP contribution is -2.61. The highest BCUT2D eigenvalue weighted by Crippen LogP contribution is 2.26. The van der Waals surface area contributed by atoms with Crippen molar-refractivity contribution in [2.75, 3.05) is 26.8 Å². The van der Waals surface area contributed by atoms with Gasteiger partial charge in [-0.25, -0.2) is 0 Å². The lowest BCUT2D eigenvalue weighted by atomic mass is 9.85. The Hall–Kier alpha value is -0.650. The minimum absolute atomic E-state index is 0.0402. The molecule has 5 heteroatoms. The fourth-order valence-electron chi connectivity index (χ4n) is 2.08. The number of hydrogen-bond donors (Lipinski definition) is 2. The van der Waals surface area contributed by atoms with Gasteiger partial charge in [0, 0.05) is 26.3 Å². The molecule has 5 nitrogen and oxygen atoms in total. The first-order chi connectivity index (χ1) is 8.58. The molecular weight excluding hydrogens is 232 g/mol. The first-order valence-electron chi connectivity index (χ1n) is 6.73. The summed E-state index contributed by atoms with van der Waals surface area (Å²) in [6, 6.07) is 0.219. The Bertz CT molecular complexity index is 259. The SMILES string of the molecule is CCOC1CC(NCC(=O)NCC(C)C)C1OC. The predicted octanol–water partition coefficient (Wildman–Crippen LogP) is 0.541. The molecule has 106 valence electrons. The summed E-state index contributed by atoms with van der Waals surface area (Å²) in [4.78, 5) is 11.5. The highest BCUT2D eigenvalue weighted by atomic mass is 16.5. The fraction of sp³-hybridized carbons (Fsp3) is 0.923. The summed E-state index contributed by atoms with van der Waals surface area (Å²) in [5.74, 6) is 0.519. The molecule has 0 aromatic heterocycles. The number of methoxy groups -OCH3 is 1. The fourth-order valence-corrected chi connectivity index (χ4v) is 2.08. The summed E-state index contributed by atoms with van der Waals surface area (Å²) in [5, 5.41) is 6.10. The van der Waals surface area contributed by atoms with E-state index in [-0.39, 0.29) is 24.2 Å². The van der Waals surface area contributed by atoms with Gasteiger partial charge >= 0.3 is 0 Å². The quantitative estimate of drug-likeness (QED) is 0.667. The average Bonchev–Trinajstić information content (AvgIpc) is 2.30. The molecule has 0 radical (unpaired) electrons. The molecule has 18 heavy (non-hydrogen) atoms. The van der Waals surface area contributed by atoms with E-state index in [1.54, 1.807) is 7.11 Å². The molecule has 2 N–H and O–H groups in total. The van der Waals surface area contributed by atoms with Gasteiger partial charge in [0.25, 0.3) is 0 Å². The number of rotatable bonds is 8. The standard InChI is InChI=1S/C13H26N2O3/c1-5-18-11-6-10(13(11)17-4)14-8-12(16)15-7-9(2)3/h9-11,13-14H,5-8H2,1-4H3,(H,15,16). The summed E-state index contributed by atoms with van der Waals surface area (Å²) in [6.45, 7) is 7.90. The van der Waals surface area contributed by atoms with Crippen LogP contribution in [0.4, 0.5) is 0 Å². The number of carbonyl (C=O) groups is 1. The molecule has 1 fully saturated rings. The van der Waals surface area contributed by atoms with Gasteiger partial charge < -0.3 is 20.1 Å². The van der Waals surface area contributed by atoms with E-state index in [2.05, 4.69) is 24.5 Å². The predicted molar refractivity (Wildman–Crippen MR) is 70.5 cm³/mol. The Morgan fingerprint density at radius 2 is 2.17 bits per heavy atom. The highest BCUT2D eigenvalue weighted by molar-refractivity contribution is 5.78. The molecule has 1 amide bonds. The molecule has 1 aliphatic carbocycles. The van der Waals surface area contributed by atoms with E-state index in [9.17, 15) is 4.79 Å². The number of hydrogen-bond acceptors (Lipinski definition) is 4. The van der Waals surface area contributed by atoms with Crippen LogP contribution in [0.2, 0.25) is 0 Å². The van der Waals surface area contributed by atoms with Gasteiger partial charge in [-0.05, 0) is 19.3 Å². The van der Waals surface area contributed by atoms with E-state index in [1.165, 1.54) is 0 Å². The lowest BCUT2D eigenvalue weighted by molar-refractivity contribution is -0.134. The second kappa shape index (κ2) is 7.71. The molecule has 1 aliphatic rings. The molecule has 0 spiro atoms. The average molecular weight is 258 g/mol. The van der Waals surface area contributed by atoms with Crippen molar-refractivity contribution in [3.8, 4) is 0 Å². The van der Waals surface area contributed by atoms with Crippen molar-refractivity contribution in [3.05, 3.63) is 0 Å². The Labute approximate surface area is 110 Å². The second-order valence-corrected chi connectivity index (χ2v) is 5.12. The van der Waals surface area contributed by atoms with Gasteiger partial charge in [0.05, 0.1) is 18.8 Å². The van der Waals surface area contributed by atoms with E-state index in [4.69, 9.17) is 9.47 Å². The number of carbonyl (C=O) groups excluding carboxylic acids is 1. The first kappa shape index (κ1) is 15.4. The third kappa shape index (κ3) is 4.55. The Morgan fingerprint density at radius 1 is 1.44 bits per heavy atom. The van der Waals surface area contributed by atoms with Crippen molar-refractivity contribution in [1.29, 1.82) is 0 Å². The van der Waals surface area contributed by atoms with Crippen LogP contribution in [0.3, 0.4) is 0 Å². The minimum atomic E-state index is 0.0402. The zero-order chi connectivity index (χ0) is 13.5. The lowest BCUT2D eigenvalue weighted by Gasteiger charge is -2.43. The van der Waals surface area contributed by atoms with Crippen LogP contribution in [0.25, 0.3) is 0 Å². The van der Waals surface area contributed by atoms with E-state index >= 15 is 0 Å². The molecule has 0 aliphatic heterocycles. The molecule has 3 atom stereocenters. The Balaban J connectivity index is 2.18. The summed E-state index contributed by atoms with van der Waals surface area (Å²) in [5.41, 5.74) is 0. The summed E-state index contributed by atoms with van der Waals surface area (Å²) in [7, 11) is 1.68. The van der Waals surface area contributed by atoms with Crippen molar-refractivity contribution >= 4 is 5.91 Å². The molecule has 1 saturated carbocycles. The summed E-state index contributed by atoms with van der Waals surface area (Å²) in [6.07, 6.45) is 1.13. The van der Waals surface area contributed by atoms with Gasteiger partial charge in [-0.2, -0.15) is 0 Å². The molecule has 1 rings (SSSR count). The Morgan fingerprint density at radius 3 is 2.72 bits per heavy atom. The number of nitrogens with one attached hydrogen (secondary N) is 2. The topological polar surface area (TPSA) is 59.6 Å². The molecule has 0 aromatic carbocycles. The first-order valence-corrected chi connectivity index (χ1v) is 6.73. The van der Waals surface area contributed by atoms with Crippen LogP contribution in [0.1, 0.15) is 27.2 Å². The third-order valence-corrected chi connectivity index (χ3v) is 3.13. The van der Waals surface area contributed by atoms with E-state index in [1.807, 2.05) is 6.92 Å². The molecule has 0 bridgehead atoms. The zero-order valence-electron chi connectivity index (χ0n) is 11.9. The maximum absolute atomic E-state index is 11.5. The van der Waals surface area contributed by atoms with Crippen LogP contribution in [-0.4, -0.2) is 51.0 Å². The molecular formula is C13H26N2O3. The zero-order valence-corrected chi connectivity index (χ0v) is 11.9. The van der Waals surface area contributed by atoms with Gasteiger partial charge in [-0.3, -0.25) is 4.79 Å². The monoisotopic (exact) mass is 258 g/mol. The van der Waals surface area contributed by atoms with Gasteiger partial charge in [0.15, 0.2) is 0 Å². The molecule has 0 aromatic rings. The normalized spacial score (nSPS) is 27.1. The maximum atomic E-state index is 11.5. The number of amides is 1. The molecule has 3 unspecified atom stereocenters. The van der Waals surface area contributed by atoms with Gasteiger partial charge in [0.2, 0.25) is 5.91 Å². The molecule has 0 heterocycles. The van der Waals surface area contributed by atoms with Crippen molar-refractivity contribution in [2.24, 2.45) is 5.92 Å². The minimum Gasteiger partial charge on any atom is -0.377 e. The third-order valence-electron chi connectivity index (χ3n) is 3.13. The van der Waals surface area contributed by atoms with E-state index in [0.717, 1.165) is 13.0 Å². The van der Waals surface area contributed by atoms with E-state index in [0.29, 0.717) is 19.1 Å². The van der Waals surface area contributed by atoms with Crippen LogP contribution in [0, 0.1) is 5.92 Å².